The molecule has 18 rings (SSSR count). The lowest BCUT2D eigenvalue weighted by molar-refractivity contribution is -0.481. The average Bonchev–Trinajstić information content (AvgIpc) is 1.25. The number of nitrogens with two attached hydrogens (primary N) is 4. The molecule has 0 radical (unpaired) electrons. The maximum absolute atomic E-state index is 14.7. The molecule has 0 aromatic heterocycles. The monoisotopic (exact) mass is 1740 g/mol. The maximum atomic E-state index is 14.7. The topological polar surface area (TPSA) is 408 Å². The molecule has 8 aromatic rings. The van der Waals surface area contributed by atoms with Gasteiger partial charge >= 0.3 is 0 Å². The van der Waals surface area contributed by atoms with Crippen LogP contribution < -0.4 is 38.9 Å². The first-order valence-electron chi connectivity index (χ1n) is 45.7. The number of likely N-dealkylation sites (tertiary alicyclic amines) is 4. The molecule has 8 aromatic carbocycles. The van der Waals surface area contributed by atoms with Crippen LogP contribution in [0, 0.1) is 0 Å². The number of carbonyl (C=O) groups is 8. The molecule has 0 bridgehead atoms. The number of nitrogens with zero attached hydrogens (tertiary/aromatic N) is 4. The van der Waals surface area contributed by atoms with E-state index in [2.05, 4.69) is 64.5 Å². The van der Waals surface area contributed by atoms with Crippen molar-refractivity contribution in [1.29, 1.82) is 0 Å². The second-order valence-corrected chi connectivity index (χ2v) is 36.9. The Kier molecular flexibility index (Phi) is 25.5. The molecule has 4 atom stereocenters. The number of amides is 7. The zero-order valence-corrected chi connectivity index (χ0v) is 72.4. The molecule has 4 unspecified atom stereocenters. The normalized spacial score (nSPS) is 24.2. The summed E-state index contributed by atoms with van der Waals surface area (Å²) in [6.45, 7) is 6.55. The Morgan fingerprint density at radius 1 is 0.312 bits per heavy atom. The van der Waals surface area contributed by atoms with Crippen molar-refractivity contribution in [3.8, 4) is 0 Å². The molecule has 3 spiro atoms. The highest BCUT2D eigenvalue weighted by molar-refractivity contribution is 6.04. The first-order valence-corrected chi connectivity index (χ1v) is 45.7. The summed E-state index contributed by atoms with van der Waals surface area (Å²) in [7, 11) is 0. The molecule has 6 heterocycles. The lowest BCUT2D eigenvalue weighted by Gasteiger charge is -2.65. The van der Waals surface area contributed by atoms with E-state index in [1.165, 1.54) is 22.3 Å². The number of hydrogen-bond donors (Lipinski definition) is 11. The first-order chi connectivity index (χ1) is 61.8. The van der Waals surface area contributed by atoms with Gasteiger partial charge in [-0.2, -0.15) is 0 Å². The van der Waals surface area contributed by atoms with Gasteiger partial charge in [0.25, 0.3) is 64.5 Å². The Labute approximate surface area is 745 Å². The number of ketones is 1. The summed E-state index contributed by atoms with van der Waals surface area (Å²) in [5.41, 5.74) is 28.7. The number of benzene rings is 8. The summed E-state index contributed by atoms with van der Waals surface area (Å²) < 4.78 is 25.5. The van der Waals surface area contributed by atoms with Gasteiger partial charge in [0.1, 0.15) is 22.4 Å². The van der Waals surface area contributed by atoms with Crippen molar-refractivity contribution in [2.45, 2.75) is 230 Å². The van der Waals surface area contributed by atoms with Crippen LogP contribution in [-0.4, -0.2) is 185 Å². The molecule has 10 aliphatic rings. The van der Waals surface area contributed by atoms with Gasteiger partial charge < -0.3 is 93.1 Å². The van der Waals surface area contributed by atoms with Crippen molar-refractivity contribution in [3.05, 3.63) is 266 Å². The number of anilines is 3. The Morgan fingerprint density at radius 2 is 0.570 bits per heavy atom. The third-order valence-corrected chi connectivity index (χ3v) is 29.1. The molecule has 27 heteroatoms. The summed E-state index contributed by atoms with van der Waals surface area (Å²) >= 11 is 0. The van der Waals surface area contributed by atoms with E-state index >= 15 is 0 Å². The number of aliphatic hydroxyl groups is 4. The van der Waals surface area contributed by atoms with Crippen LogP contribution in [0.5, 0.6) is 0 Å². The second-order valence-electron chi connectivity index (χ2n) is 36.9. The minimum Gasteiger partial charge on any atom is -0.384 e. The van der Waals surface area contributed by atoms with Crippen LogP contribution in [0.15, 0.2) is 194 Å². The van der Waals surface area contributed by atoms with E-state index in [1.54, 1.807) is 97.1 Å². The van der Waals surface area contributed by atoms with E-state index in [0.29, 0.717) is 156 Å². The minimum atomic E-state index is -2.65. The molecule has 6 saturated heterocycles. The number of Topliss-reactive ketones (excluding diaryl/α,β-unsaturated/α-hetero) is 1. The molecule has 128 heavy (non-hydrogen) atoms. The summed E-state index contributed by atoms with van der Waals surface area (Å²) in [4.78, 5) is 120. The largest absolute Gasteiger partial charge is 0.384 e. The van der Waals surface area contributed by atoms with E-state index in [1.807, 2.05) is 68.1 Å². The van der Waals surface area contributed by atoms with Crippen LogP contribution in [0.25, 0.3) is 0 Å². The molecule has 4 saturated carbocycles. The molecule has 672 valence electrons. The molecule has 15 N–H and O–H groups in total. The van der Waals surface area contributed by atoms with Crippen molar-refractivity contribution >= 4 is 64.2 Å². The van der Waals surface area contributed by atoms with Crippen LogP contribution >= 0.6 is 0 Å². The Morgan fingerprint density at radius 3 is 0.844 bits per heavy atom. The Hall–Kier alpha value is -10.8. The van der Waals surface area contributed by atoms with Crippen molar-refractivity contribution in [2.75, 3.05) is 68.3 Å². The van der Waals surface area contributed by atoms with Gasteiger partial charge in [0.2, 0.25) is 0 Å². The maximum Gasteiger partial charge on any atom is 0.287 e. The number of carbonyl (C=O) groups excluding carboxylic acids is 8. The van der Waals surface area contributed by atoms with Gasteiger partial charge in [0, 0.05) is 124 Å². The summed E-state index contributed by atoms with van der Waals surface area (Å²) in [5.74, 6) is -12.9. The van der Waals surface area contributed by atoms with E-state index in [-0.39, 0.29) is 98.5 Å². The van der Waals surface area contributed by atoms with E-state index < -0.39 is 69.1 Å². The summed E-state index contributed by atoms with van der Waals surface area (Å²) in [5, 5.41) is 57.3. The molecule has 10 fully saturated rings. The number of ether oxygens (including phenoxy) is 4. The fourth-order valence-electron chi connectivity index (χ4n) is 20.8. The molecule has 4 aliphatic carbocycles. The van der Waals surface area contributed by atoms with Gasteiger partial charge in [-0.1, -0.05) is 127 Å². The molecular weight excluding hydrogens is 1620 g/mol. The van der Waals surface area contributed by atoms with E-state index in [9.17, 15) is 58.8 Å². The standard InChI is InChI=1S/C51H59N5O8.C50H58N6O8/c52-32-35-8-2-10-39(28-35)37-15-23-55(24-16-37)45(58)41-12-1-7-34(27-41)30-44(57)51(48(61)19-5-20-48)63-49(21-6-22-49)50(62,64-51)47(60)54-43-14-4-13-42(31-43)46(59)56-25-17-38(18-26-56)40-11-3-9-36(29-40)33-53;51-31-33-7-1-9-37(27-33)35-15-23-55(24-16-35)43(57)39-11-3-13-41(29-39)53-45(59)49(61)47(19-5-20-47)64-50(62,48(63-49)21-6-22-48)46(60)54-42-14-4-12-40(30-42)44(58)56-25-17-36(18-26-56)38-10-2-8-34(28-38)32-52/h1-4,7-14,27-29,31,37-38,61-62H,5-6,15-26,30,32-33,52-53H2,(H,54,60);1-4,7-14,27-30,35-36,61-62H,5-6,15-26,31-32,51-52H2,(H,53,59)(H,54,60). The second kappa shape index (κ2) is 36.6. The van der Waals surface area contributed by atoms with Crippen molar-refractivity contribution < 1.29 is 77.7 Å². The quantitative estimate of drug-likeness (QED) is 0.0300. The number of rotatable bonds is 22. The predicted octanol–water partition coefficient (Wildman–Crippen LogP) is 11.2. The van der Waals surface area contributed by atoms with E-state index in [4.69, 9.17) is 41.9 Å². The number of nitrogens with one attached hydrogen (secondary N) is 3. The summed E-state index contributed by atoms with van der Waals surface area (Å²) in [6, 6.07) is 59.7. The van der Waals surface area contributed by atoms with Gasteiger partial charge in [-0.05, 0) is 269 Å². The summed E-state index contributed by atoms with van der Waals surface area (Å²) in [6.07, 6.45) is 9.80. The lowest BCUT2D eigenvalue weighted by Crippen LogP contribution is -2.83. The van der Waals surface area contributed by atoms with Crippen LogP contribution in [0.1, 0.15) is 244 Å². The lowest BCUT2D eigenvalue weighted by atomic mass is 9.66. The van der Waals surface area contributed by atoms with Crippen LogP contribution in [-0.2, 0) is 70.7 Å². The zero-order valence-electron chi connectivity index (χ0n) is 72.4. The van der Waals surface area contributed by atoms with Crippen molar-refractivity contribution in [1.82, 2.24) is 19.6 Å². The molecular formula is C101H117N11O16. The smallest absolute Gasteiger partial charge is 0.287 e. The minimum absolute atomic E-state index is 0.132. The van der Waals surface area contributed by atoms with Crippen molar-refractivity contribution in [2.24, 2.45) is 22.9 Å². The fraction of sp³-hybridized carbons (Fsp3) is 0.446. The average molecular weight is 1740 g/mol. The molecule has 7 amide bonds. The molecule has 27 nitrogen and oxygen atoms in total. The third-order valence-electron chi connectivity index (χ3n) is 29.1. The van der Waals surface area contributed by atoms with Gasteiger partial charge in [-0.3, -0.25) is 43.1 Å². The Balaban J connectivity index is 0.000000180. The van der Waals surface area contributed by atoms with Gasteiger partial charge in [-0.15, -0.1) is 0 Å². The zero-order chi connectivity index (χ0) is 89.4. The van der Waals surface area contributed by atoms with Crippen LogP contribution in [0.3, 0.4) is 0 Å². The SMILES string of the molecule is NCc1cccc(C2CCN(C(=O)c3cccc(CC(=O)C4(C5(O)CCC5)OC5(CCC5)C(O)(C(=O)Nc5cccc(C(=O)N6CCC(c7cccc(CN)c7)CC6)c5)O4)c3)CC2)c1.NCc1cccc(C2CCN(C(=O)c3cccc(NC(=O)C4(O)OC5(CCC5)C(O)(C(=O)Nc5cccc(C(=O)N6CCC(c7cccc(CN)c7)CC6)c5)OC45CCC5)c3)CC2)c1. The van der Waals surface area contributed by atoms with E-state index in [0.717, 1.165) is 73.6 Å². The number of hydrogen-bond acceptors (Lipinski definition) is 20. The first kappa shape index (κ1) is 89.2. The highest BCUT2D eigenvalue weighted by Gasteiger charge is 2.80. The van der Waals surface area contributed by atoms with Crippen molar-refractivity contribution in [3.63, 3.8) is 0 Å². The van der Waals surface area contributed by atoms with Gasteiger partial charge in [-0.25, -0.2) is 0 Å². The fourth-order valence-corrected chi connectivity index (χ4v) is 20.8. The molecule has 6 aliphatic heterocycles. The van der Waals surface area contributed by atoms with Crippen LogP contribution in [0.4, 0.5) is 17.1 Å². The van der Waals surface area contributed by atoms with Gasteiger partial charge in [0.05, 0.1) is 0 Å². The predicted molar refractivity (Wildman–Crippen MR) is 480 cm³/mol. The third kappa shape index (κ3) is 17.0. The highest BCUT2D eigenvalue weighted by Crippen LogP contribution is 2.62. The highest BCUT2D eigenvalue weighted by atomic mass is 16.8. The number of piperidine rings is 4. The van der Waals surface area contributed by atoms with Crippen LogP contribution in [0.2, 0.25) is 0 Å². The van der Waals surface area contributed by atoms with Gasteiger partial charge in [0.15, 0.2) is 5.78 Å². The Bertz CT molecular complexity index is 5340.